The summed E-state index contributed by atoms with van der Waals surface area (Å²) in [7, 11) is 0. The molecule has 0 radical (unpaired) electrons. The average Bonchev–Trinajstić information content (AvgIpc) is 3.11. The molecule has 1 aromatic carbocycles. The fourth-order valence-electron chi connectivity index (χ4n) is 3.51. The Morgan fingerprint density at radius 1 is 1.18 bits per heavy atom. The predicted octanol–water partition coefficient (Wildman–Crippen LogP) is 2.87. The van der Waals surface area contributed by atoms with Gasteiger partial charge in [-0.2, -0.15) is 9.49 Å². The minimum absolute atomic E-state index is 0.0378. The van der Waals surface area contributed by atoms with Crippen LogP contribution in [0.3, 0.4) is 0 Å². The van der Waals surface area contributed by atoms with Crippen LogP contribution in [-0.4, -0.2) is 57.4 Å². The lowest BCUT2D eigenvalue weighted by Crippen LogP contribution is -2.37. The van der Waals surface area contributed by atoms with Crippen LogP contribution in [0.25, 0.3) is 22.0 Å². The van der Waals surface area contributed by atoms with Crippen LogP contribution >= 0.6 is 0 Å². The number of ether oxygens (including phenoxy) is 1. The summed E-state index contributed by atoms with van der Waals surface area (Å²) in [5, 5.41) is 16.4. The summed E-state index contributed by atoms with van der Waals surface area (Å²) < 4.78 is 20.6. The molecule has 0 N–H and O–H groups in total. The average molecular weight is 385 g/mol. The molecule has 9 heteroatoms. The molecule has 0 spiro atoms. The highest BCUT2D eigenvalue weighted by molar-refractivity contribution is 5.92. The maximum atomic E-state index is 13.5. The number of aromatic nitrogens is 3. The highest BCUT2D eigenvalue weighted by Crippen LogP contribution is 2.32. The Morgan fingerprint density at radius 2 is 2.00 bits per heavy atom. The van der Waals surface area contributed by atoms with Crippen molar-refractivity contribution in [2.24, 2.45) is 0 Å². The molecule has 4 rings (SSSR count). The number of nitro benzene ring substituents is 1. The van der Waals surface area contributed by atoms with Crippen molar-refractivity contribution in [1.29, 1.82) is 0 Å². The first-order chi connectivity index (χ1) is 13.6. The van der Waals surface area contributed by atoms with Gasteiger partial charge in [-0.3, -0.25) is 19.7 Å². The van der Waals surface area contributed by atoms with Gasteiger partial charge in [0, 0.05) is 44.5 Å². The van der Waals surface area contributed by atoms with E-state index in [1.807, 2.05) is 6.07 Å². The lowest BCUT2D eigenvalue weighted by molar-refractivity contribution is -0.383. The van der Waals surface area contributed by atoms with Gasteiger partial charge in [-0.1, -0.05) is 0 Å². The Balaban J connectivity index is 1.63. The minimum Gasteiger partial charge on any atom is -0.379 e. The number of hydrogen-bond acceptors (Lipinski definition) is 6. The van der Waals surface area contributed by atoms with Crippen LogP contribution in [0.4, 0.5) is 10.1 Å². The summed E-state index contributed by atoms with van der Waals surface area (Å²) in [6.07, 6.45) is 3.75. The minimum atomic E-state index is -0.626. The number of nitrogens with zero attached hydrogens (tertiary/aromatic N) is 5. The second-order valence-electron chi connectivity index (χ2n) is 6.73. The van der Waals surface area contributed by atoms with E-state index < -0.39 is 10.9 Å². The molecule has 0 unspecified atom stereocenters. The molecule has 0 saturated carbocycles. The maximum absolute atomic E-state index is 13.5. The SMILES string of the molecule is O=[N+]([O-])c1cc(-c2ccnc(F)c2)cc2c1cnn2CCCN1CCOCC1. The highest BCUT2D eigenvalue weighted by Gasteiger charge is 2.19. The zero-order valence-electron chi connectivity index (χ0n) is 15.3. The molecule has 1 saturated heterocycles. The number of aryl methyl sites for hydroxylation is 1. The molecule has 1 aliphatic rings. The number of pyridine rings is 1. The number of rotatable bonds is 6. The van der Waals surface area contributed by atoms with Gasteiger partial charge in [0.2, 0.25) is 5.95 Å². The Labute approximate surface area is 160 Å². The van der Waals surface area contributed by atoms with E-state index in [9.17, 15) is 14.5 Å². The van der Waals surface area contributed by atoms with Gasteiger partial charge in [0.05, 0.1) is 35.2 Å². The van der Waals surface area contributed by atoms with Crippen LogP contribution in [0.2, 0.25) is 0 Å². The summed E-state index contributed by atoms with van der Waals surface area (Å²) in [5.41, 5.74) is 1.74. The molecule has 0 aliphatic carbocycles. The molecule has 3 aromatic rings. The van der Waals surface area contributed by atoms with E-state index in [1.54, 1.807) is 10.7 Å². The van der Waals surface area contributed by atoms with Gasteiger partial charge < -0.3 is 4.74 Å². The van der Waals surface area contributed by atoms with Crippen LogP contribution in [0.15, 0.2) is 36.7 Å². The number of hydrogen-bond donors (Lipinski definition) is 0. The molecular formula is C19H20FN5O3. The van der Waals surface area contributed by atoms with Crippen molar-refractivity contribution in [2.45, 2.75) is 13.0 Å². The molecule has 2 aromatic heterocycles. The van der Waals surface area contributed by atoms with E-state index in [0.29, 0.717) is 28.6 Å². The fraction of sp³-hybridized carbons (Fsp3) is 0.368. The Hall–Kier alpha value is -2.91. The van der Waals surface area contributed by atoms with E-state index >= 15 is 0 Å². The van der Waals surface area contributed by atoms with Crippen molar-refractivity contribution >= 4 is 16.6 Å². The second kappa shape index (κ2) is 7.99. The van der Waals surface area contributed by atoms with Crippen molar-refractivity contribution < 1.29 is 14.1 Å². The number of halogens is 1. The molecule has 8 nitrogen and oxygen atoms in total. The van der Waals surface area contributed by atoms with E-state index in [0.717, 1.165) is 39.3 Å². The maximum Gasteiger partial charge on any atom is 0.281 e. The fourth-order valence-corrected chi connectivity index (χ4v) is 3.51. The summed E-state index contributed by atoms with van der Waals surface area (Å²) in [4.78, 5) is 17.0. The second-order valence-corrected chi connectivity index (χ2v) is 6.73. The first-order valence-electron chi connectivity index (χ1n) is 9.18. The summed E-state index contributed by atoms with van der Waals surface area (Å²) in [6.45, 7) is 4.91. The van der Waals surface area contributed by atoms with Gasteiger partial charge in [0.15, 0.2) is 0 Å². The predicted molar refractivity (Wildman–Crippen MR) is 101 cm³/mol. The molecule has 1 fully saturated rings. The van der Waals surface area contributed by atoms with Crippen molar-refractivity contribution in [3.05, 3.63) is 52.7 Å². The Bertz CT molecular complexity index is 1000. The van der Waals surface area contributed by atoms with E-state index in [4.69, 9.17) is 4.74 Å². The lowest BCUT2D eigenvalue weighted by Gasteiger charge is -2.26. The number of nitro groups is 1. The number of morpholine rings is 1. The molecule has 1 aliphatic heterocycles. The van der Waals surface area contributed by atoms with Crippen molar-refractivity contribution in [2.75, 3.05) is 32.8 Å². The first kappa shape index (κ1) is 18.5. The quantitative estimate of drug-likeness (QED) is 0.368. The third-order valence-corrected chi connectivity index (χ3v) is 4.95. The monoisotopic (exact) mass is 385 g/mol. The van der Waals surface area contributed by atoms with Gasteiger partial charge in [0.1, 0.15) is 0 Å². The van der Waals surface area contributed by atoms with Gasteiger partial charge in [-0.25, -0.2) is 4.98 Å². The van der Waals surface area contributed by atoms with E-state index in [2.05, 4.69) is 15.0 Å². The van der Waals surface area contributed by atoms with Crippen molar-refractivity contribution in [3.63, 3.8) is 0 Å². The number of non-ortho nitro benzene ring substituents is 1. The van der Waals surface area contributed by atoms with Gasteiger partial charge in [-0.15, -0.1) is 0 Å². The van der Waals surface area contributed by atoms with Gasteiger partial charge in [-0.05, 0) is 29.7 Å². The Morgan fingerprint density at radius 3 is 2.75 bits per heavy atom. The zero-order chi connectivity index (χ0) is 19.5. The van der Waals surface area contributed by atoms with Crippen LogP contribution in [-0.2, 0) is 11.3 Å². The normalized spacial score (nSPS) is 15.2. The zero-order valence-corrected chi connectivity index (χ0v) is 15.3. The molecule has 0 amide bonds. The van der Waals surface area contributed by atoms with Crippen LogP contribution in [0.1, 0.15) is 6.42 Å². The molecule has 3 heterocycles. The first-order valence-corrected chi connectivity index (χ1v) is 9.18. The topological polar surface area (TPSA) is 86.3 Å². The largest absolute Gasteiger partial charge is 0.379 e. The molecule has 28 heavy (non-hydrogen) atoms. The standard InChI is InChI=1S/C19H20FN5O3/c20-19-12-14(2-3-21-19)15-10-17-16(18(11-15)25(26)27)13-22-24(17)5-1-4-23-6-8-28-9-7-23/h2-3,10-13H,1,4-9H2. The third-order valence-electron chi connectivity index (χ3n) is 4.95. The highest BCUT2D eigenvalue weighted by atomic mass is 19.1. The molecule has 0 bridgehead atoms. The molecule has 146 valence electrons. The van der Waals surface area contributed by atoms with E-state index in [1.165, 1.54) is 24.5 Å². The lowest BCUT2D eigenvalue weighted by atomic mass is 10.0. The number of benzene rings is 1. The Kier molecular flexibility index (Phi) is 5.27. The van der Waals surface area contributed by atoms with Crippen molar-refractivity contribution in [3.8, 4) is 11.1 Å². The summed E-state index contributed by atoms with van der Waals surface area (Å²) in [6, 6.07) is 6.17. The number of fused-ring (bicyclic) bond motifs is 1. The van der Waals surface area contributed by atoms with Gasteiger partial charge >= 0.3 is 0 Å². The van der Waals surface area contributed by atoms with Crippen LogP contribution in [0, 0.1) is 16.1 Å². The van der Waals surface area contributed by atoms with Crippen molar-refractivity contribution in [1.82, 2.24) is 19.7 Å². The summed E-state index contributed by atoms with van der Waals surface area (Å²) >= 11 is 0. The smallest absolute Gasteiger partial charge is 0.281 e. The van der Waals surface area contributed by atoms with E-state index in [-0.39, 0.29) is 5.69 Å². The summed E-state index contributed by atoms with van der Waals surface area (Å²) in [5.74, 6) is -0.626. The van der Waals surface area contributed by atoms with Crippen LogP contribution < -0.4 is 0 Å². The van der Waals surface area contributed by atoms with Crippen LogP contribution in [0.5, 0.6) is 0 Å². The molecular weight excluding hydrogens is 365 g/mol. The van der Waals surface area contributed by atoms with Gasteiger partial charge in [0.25, 0.3) is 5.69 Å². The third kappa shape index (κ3) is 3.85. The molecule has 0 atom stereocenters.